The maximum absolute atomic E-state index is 11.7. The van der Waals surface area contributed by atoms with E-state index < -0.39 is 0 Å². The number of aryl methyl sites for hydroxylation is 2. The summed E-state index contributed by atoms with van der Waals surface area (Å²) in [7, 11) is 0. The fourth-order valence-electron chi connectivity index (χ4n) is 3.20. The first-order valence-electron chi connectivity index (χ1n) is 5.30. The molecule has 1 aromatic heterocycles. The zero-order chi connectivity index (χ0) is 9.87. The van der Waals surface area contributed by atoms with Gasteiger partial charge in [-0.25, -0.2) is 0 Å². The Kier molecular flexibility index (Phi) is 1.48. The summed E-state index contributed by atoms with van der Waals surface area (Å²) >= 11 is 0. The van der Waals surface area contributed by atoms with Crippen LogP contribution >= 0.6 is 0 Å². The number of furan rings is 1. The minimum atomic E-state index is 0.183. The van der Waals surface area contributed by atoms with E-state index in [1.807, 2.05) is 13.8 Å². The van der Waals surface area contributed by atoms with E-state index in [0.29, 0.717) is 11.7 Å². The highest BCUT2D eigenvalue weighted by atomic mass is 16.3. The molecule has 2 heteroatoms. The average Bonchev–Trinajstić information content (AvgIpc) is 2.71. The molecule has 1 heterocycles. The largest absolute Gasteiger partial charge is 0.466 e. The molecule has 1 aromatic rings. The normalized spacial score (nSPS) is 29.4. The molecule has 0 bridgehead atoms. The van der Waals surface area contributed by atoms with Gasteiger partial charge in [-0.05, 0) is 38.2 Å². The number of Topliss-reactive ketones (excluding diaryl/α,β-unsaturated/α-hetero) is 1. The first-order chi connectivity index (χ1) is 6.68. The topological polar surface area (TPSA) is 30.2 Å². The Morgan fingerprint density at radius 3 is 2.86 bits per heavy atom. The molecule has 2 unspecified atom stereocenters. The number of carbonyl (C=O) groups excluding carboxylic acids is 1. The number of fused-ring (bicyclic) bond motifs is 3. The molecule has 2 nitrogen and oxygen atoms in total. The van der Waals surface area contributed by atoms with Crippen LogP contribution in [0, 0.1) is 19.8 Å². The van der Waals surface area contributed by atoms with Crippen molar-refractivity contribution in [2.75, 3.05) is 0 Å². The van der Waals surface area contributed by atoms with Crippen molar-refractivity contribution < 1.29 is 9.21 Å². The number of hydrogen-bond acceptors (Lipinski definition) is 2. The van der Waals surface area contributed by atoms with E-state index >= 15 is 0 Å². The average molecular weight is 190 g/mol. The summed E-state index contributed by atoms with van der Waals surface area (Å²) < 4.78 is 5.59. The van der Waals surface area contributed by atoms with Gasteiger partial charge in [0.15, 0.2) is 0 Å². The summed E-state index contributed by atoms with van der Waals surface area (Å²) in [6.45, 7) is 4.00. The maximum atomic E-state index is 11.7. The highest BCUT2D eigenvalue weighted by Crippen LogP contribution is 2.49. The predicted molar refractivity (Wildman–Crippen MR) is 52.4 cm³/mol. The van der Waals surface area contributed by atoms with Gasteiger partial charge in [-0.15, -0.1) is 0 Å². The van der Waals surface area contributed by atoms with Crippen LogP contribution in [-0.4, -0.2) is 5.78 Å². The van der Waals surface area contributed by atoms with Gasteiger partial charge in [-0.2, -0.15) is 0 Å². The highest BCUT2D eigenvalue weighted by Gasteiger charge is 2.44. The van der Waals surface area contributed by atoms with Crippen LogP contribution in [-0.2, 0) is 11.2 Å². The molecule has 1 fully saturated rings. The monoisotopic (exact) mass is 190 g/mol. The van der Waals surface area contributed by atoms with E-state index in [1.165, 1.54) is 11.1 Å². The van der Waals surface area contributed by atoms with Crippen LogP contribution in [0.3, 0.4) is 0 Å². The van der Waals surface area contributed by atoms with Crippen molar-refractivity contribution in [1.82, 2.24) is 0 Å². The first-order valence-corrected chi connectivity index (χ1v) is 5.30. The smallest absolute Gasteiger partial charge is 0.140 e. The number of carbonyl (C=O) groups is 1. The molecule has 1 saturated carbocycles. The van der Waals surface area contributed by atoms with Gasteiger partial charge in [0, 0.05) is 17.9 Å². The Labute approximate surface area is 83.3 Å². The Balaban J connectivity index is 2.18. The highest BCUT2D eigenvalue weighted by molar-refractivity contribution is 5.90. The molecule has 2 atom stereocenters. The minimum absolute atomic E-state index is 0.183. The third kappa shape index (κ3) is 0.839. The summed E-state index contributed by atoms with van der Waals surface area (Å²) in [5.74, 6) is 3.20. The van der Waals surface area contributed by atoms with Gasteiger partial charge in [0.25, 0.3) is 0 Å². The summed E-state index contributed by atoms with van der Waals surface area (Å²) in [4.78, 5) is 11.7. The molecule has 2 aliphatic rings. The van der Waals surface area contributed by atoms with Gasteiger partial charge >= 0.3 is 0 Å². The molecule has 74 valence electrons. The molecule has 0 radical (unpaired) electrons. The summed E-state index contributed by atoms with van der Waals surface area (Å²) in [6.07, 6.45) is 2.92. The van der Waals surface area contributed by atoms with Crippen LogP contribution in [0.5, 0.6) is 0 Å². The van der Waals surface area contributed by atoms with Crippen LogP contribution in [0.1, 0.15) is 41.4 Å². The van der Waals surface area contributed by atoms with Gasteiger partial charge < -0.3 is 4.42 Å². The molecule has 0 N–H and O–H groups in total. The van der Waals surface area contributed by atoms with Gasteiger partial charge in [-0.3, -0.25) is 4.79 Å². The molecular weight excluding hydrogens is 176 g/mol. The summed E-state index contributed by atoms with van der Waals surface area (Å²) in [5.41, 5.74) is 2.56. The zero-order valence-electron chi connectivity index (χ0n) is 8.59. The molecular formula is C12H14O2. The minimum Gasteiger partial charge on any atom is -0.466 e. The lowest BCUT2D eigenvalue weighted by Gasteiger charge is -2.07. The second kappa shape index (κ2) is 2.50. The first kappa shape index (κ1) is 8.27. The van der Waals surface area contributed by atoms with Crippen molar-refractivity contribution in [3.63, 3.8) is 0 Å². The van der Waals surface area contributed by atoms with Crippen LogP contribution < -0.4 is 0 Å². The van der Waals surface area contributed by atoms with Gasteiger partial charge in [-0.1, -0.05) is 0 Å². The van der Waals surface area contributed by atoms with Crippen molar-refractivity contribution in [3.05, 3.63) is 22.6 Å². The van der Waals surface area contributed by atoms with Crippen molar-refractivity contribution >= 4 is 5.78 Å². The Morgan fingerprint density at radius 1 is 1.29 bits per heavy atom. The Hall–Kier alpha value is -1.05. The van der Waals surface area contributed by atoms with Crippen LogP contribution in [0.4, 0.5) is 0 Å². The molecule has 2 aliphatic carbocycles. The summed E-state index contributed by atoms with van der Waals surface area (Å²) in [5, 5.41) is 0. The van der Waals surface area contributed by atoms with E-state index in [2.05, 4.69) is 0 Å². The lowest BCUT2D eigenvalue weighted by Crippen LogP contribution is -2.07. The van der Waals surface area contributed by atoms with Crippen LogP contribution in [0.2, 0.25) is 0 Å². The van der Waals surface area contributed by atoms with Crippen molar-refractivity contribution in [2.45, 2.75) is 39.0 Å². The predicted octanol–water partition coefficient (Wildman–Crippen LogP) is 2.52. The Morgan fingerprint density at radius 2 is 2.07 bits per heavy atom. The van der Waals surface area contributed by atoms with Gasteiger partial charge in [0.05, 0.1) is 0 Å². The van der Waals surface area contributed by atoms with Crippen molar-refractivity contribution in [2.24, 2.45) is 5.92 Å². The lowest BCUT2D eigenvalue weighted by molar-refractivity contribution is -0.118. The van der Waals surface area contributed by atoms with E-state index in [0.717, 1.165) is 30.8 Å². The zero-order valence-corrected chi connectivity index (χ0v) is 8.59. The third-order valence-electron chi connectivity index (χ3n) is 3.79. The van der Waals surface area contributed by atoms with Gasteiger partial charge in [0.1, 0.15) is 17.3 Å². The second-order valence-electron chi connectivity index (χ2n) is 4.55. The van der Waals surface area contributed by atoms with Crippen molar-refractivity contribution in [1.29, 1.82) is 0 Å². The van der Waals surface area contributed by atoms with E-state index in [9.17, 15) is 4.79 Å². The Bertz CT molecular complexity index is 414. The SMILES string of the molecule is Cc1oc(C)c2c1CC1CCC(=O)C21. The number of ketones is 1. The maximum Gasteiger partial charge on any atom is 0.140 e. The fraction of sp³-hybridized carbons (Fsp3) is 0.583. The van der Waals surface area contributed by atoms with Crippen molar-refractivity contribution in [3.8, 4) is 0 Å². The van der Waals surface area contributed by atoms with Crippen LogP contribution in [0.15, 0.2) is 4.42 Å². The third-order valence-corrected chi connectivity index (χ3v) is 3.79. The van der Waals surface area contributed by atoms with Crippen LogP contribution in [0.25, 0.3) is 0 Å². The molecule has 0 aliphatic heterocycles. The molecule has 0 amide bonds. The quantitative estimate of drug-likeness (QED) is 0.629. The van der Waals surface area contributed by atoms with Gasteiger partial charge in [0.2, 0.25) is 0 Å². The molecule has 3 rings (SSSR count). The summed E-state index contributed by atoms with van der Waals surface area (Å²) in [6, 6.07) is 0. The molecule has 0 spiro atoms. The molecule has 14 heavy (non-hydrogen) atoms. The lowest BCUT2D eigenvalue weighted by atomic mass is 9.95. The number of rotatable bonds is 0. The van der Waals surface area contributed by atoms with E-state index in [4.69, 9.17) is 4.42 Å². The molecule has 0 saturated heterocycles. The van der Waals surface area contributed by atoms with E-state index in [1.54, 1.807) is 0 Å². The standard InChI is InChI=1S/C12H14O2/c1-6-9-5-8-3-4-10(13)12(8)11(9)7(2)14-6/h8,12H,3-5H2,1-2H3. The fourth-order valence-corrected chi connectivity index (χ4v) is 3.20. The molecule has 0 aromatic carbocycles. The number of hydrogen-bond donors (Lipinski definition) is 0. The van der Waals surface area contributed by atoms with E-state index in [-0.39, 0.29) is 5.92 Å². The second-order valence-corrected chi connectivity index (χ2v) is 4.55.